The van der Waals surface area contributed by atoms with Crippen molar-refractivity contribution >= 4 is 5.78 Å². The quantitative estimate of drug-likeness (QED) is 0.729. The maximum Gasteiger partial charge on any atom is 0.284 e. The molecule has 3 rings (SSSR count). The third kappa shape index (κ3) is 1.60. The fraction of sp³-hybridized carbons (Fsp3) is 0.273. The van der Waals surface area contributed by atoms with E-state index in [-0.39, 0.29) is 17.6 Å². The third-order valence-electron chi connectivity index (χ3n) is 2.49. The van der Waals surface area contributed by atoms with Crippen LogP contribution < -0.4 is 0 Å². The molecular weight excluding hydrogens is 206 g/mol. The van der Waals surface area contributed by atoms with Gasteiger partial charge in [0.25, 0.3) is 5.89 Å². The van der Waals surface area contributed by atoms with E-state index in [2.05, 4.69) is 15.2 Å². The molecule has 0 radical (unpaired) electrons. The van der Waals surface area contributed by atoms with Crippen molar-refractivity contribution < 1.29 is 9.21 Å². The number of pyridine rings is 1. The summed E-state index contributed by atoms with van der Waals surface area (Å²) < 4.78 is 5.32. The minimum atomic E-state index is -0.0392. The highest BCUT2D eigenvalue weighted by atomic mass is 16.4. The highest BCUT2D eigenvalue weighted by Gasteiger charge is 2.34. The van der Waals surface area contributed by atoms with E-state index in [0.29, 0.717) is 5.89 Å². The van der Waals surface area contributed by atoms with Crippen LogP contribution in [0.2, 0.25) is 0 Å². The molecule has 0 atom stereocenters. The fourth-order valence-electron chi connectivity index (χ4n) is 1.45. The summed E-state index contributed by atoms with van der Waals surface area (Å²) in [6, 6.07) is 3.59. The highest BCUT2D eigenvalue weighted by Crippen LogP contribution is 2.32. The Labute approximate surface area is 91.5 Å². The Kier molecular flexibility index (Phi) is 2.02. The minimum absolute atomic E-state index is 0.0392. The molecule has 1 aliphatic carbocycles. The molecule has 0 bridgehead atoms. The largest absolute Gasteiger partial charge is 0.414 e. The summed E-state index contributed by atoms with van der Waals surface area (Å²) in [6.45, 7) is 0. The van der Waals surface area contributed by atoms with Crippen LogP contribution in [-0.4, -0.2) is 21.0 Å². The smallest absolute Gasteiger partial charge is 0.284 e. The van der Waals surface area contributed by atoms with Crippen LogP contribution in [0.3, 0.4) is 0 Å². The first-order valence-electron chi connectivity index (χ1n) is 5.13. The molecule has 0 amide bonds. The zero-order valence-electron chi connectivity index (χ0n) is 8.46. The third-order valence-corrected chi connectivity index (χ3v) is 2.49. The van der Waals surface area contributed by atoms with Crippen LogP contribution in [0.25, 0.3) is 11.5 Å². The van der Waals surface area contributed by atoms with E-state index in [9.17, 15) is 4.79 Å². The number of carbonyl (C=O) groups excluding carboxylic acids is 1. The van der Waals surface area contributed by atoms with Gasteiger partial charge in [0, 0.05) is 18.3 Å². The lowest BCUT2D eigenvalue weighted by Crippen LogP contribution is -2.01. The number of ketones is 1. The number of Topliss-reactive ketones (excluding diaryl/α,β-unsaturated/α-hetero) is 1. The van der Waals surface area contributed by atoms with Gasteiger partial charge in [0.1, 0.15) is 0 Å². The van der Waals surface area contributed by atoms with Gasteiger partial charge in [0.05, 0.1) is 5.56 Å². The Bertz CT molecular complexity index is 517. The van der Waals surface area contributed by atoms with Crippen LogP contribution >= 0.6 is 0 Å². The van der Waals surface area contributed by atoms with Crippen molar-refractivity contribution in [3.05, 3.63) is 30.4 Å². The Morgan fingerprint density at radius 1 is 1.38 bits per heavy atom. The monoisotopic (exact) mass is 215 g/mol. The molecule has 1 aliphatic rings. The Morgan fingerprint density at radius 2 is 2.25 bits per heavy atom. The summed E-state index contributed by atoms with van der Waals surface area (Å²) in [5, 5.41) is 7.60. The van der Waals surface area contributed by atoms with E-state index in [1.165, 1.54) is 0 Å². The normalized spacial score (nSPS) is 15.0. The molecule has 0 saturated heterocycles. The second kappa shape index (κ2) is 3.52. The van der Waals surface area contributed by atoms with Gasteiger partial charge in [-0.15, -0.1) is 10.2 Å². The summed E-state index contributed by atoms with van der Waals surface area (Å²) in [4.78, 5) is 15.6. The fourth-order valence-corrected chi connectivity index (χ4v) is 1.45. The molecule has 0 N–H and O–H groups in total. The number of rotatable bonds is 3. The van der Waals surface area contributed by atoms with Crippen LogP contribution in [0.15, 0.2) is 28.9 Å². The number of aromatic nitrogens is 3. The van der Waals surface area contributed by atoms with E-state index in [1.807, 2.05) is 6.07 Å². The predicted octanol–water partition coefficient (Wildman–Crippen LogP) is 1.72. The molecule has 2 aromatic heterocycles. The lowest BCUT2D eigenvalue weighted by Gasteiger charge is -1.91. The molecule has 16 heavy (non-hydrogen) atoms. The zero-order valence-corrected chi connectivity index (χ0v) is 8.46. The van der Waals surface area contributed by atoms with Crippen molar-refractivity contribution in [1.29, 1.82) is 0 Å². The van der Waals surface area contributed by atoms with Gasteiger partial charge in [-0.3, -0.25) is 9.78 Å². The first-order valence-corrected chi connectivity index (χ1v) is 5.13. The second-order valence-electron chi connectivity index (χ2n) is 3.79. The van der Waals surface area contributed by atoms with Crippen molar-refractivity contribution in [2.45, 2.75) is 12.8 Å². The average Bonchev–Trinajstić information content (AvgIpc) is 3.07. The molecule has 5 nitrogen and oxygen atoms in total. The number of nitrogens with zero attached hydrogens (tertiary/aromatic N) is 3. The van der Waals surface area contributed by atoms with Crippen LogP contribution in [-0.2, 0) is 0 Å². The van der Waals surface area contributed by atoms with Crippen molar-refractivity contribution in [2.24, 2.45) is 5.92 Å². The summed E-state index contributed by atoms with van der Waals surface area (Å²) >= 11 is 0. The first kappa shape index (κ1) is 9.21. The summed E-state index contributed by atoms with van der Waals surface area (Å²) in [7, 11) is 0. The number of carbonyl (C=O) groups is 1. The van der Waals surface area contributed by atoms with Crippen molar-refractivity contribution in [2.75, 3.05) is 0 Å². The molecule has 2 heterocycles. The van der Waals surface area contributed by atoms with Gasteiger partial charge in [-0.05, 0) is 25.0 Å². The molecule has 0 aliphatic heterocycles. The number of hydrogen-bond donors (Lipinski definition) is 0. The Morgan fingerprint density at radius 3 is 2.94 bits per heavy atom. The summed E-state index contributed by atoms with van der Waals surface area (Å²) in [5.74, 6) is 0.517. The molecule has 0 unspecified atom stereocenters. The molecule has 2 aromatic rings. The standard InChI is InChI=1S/C11H9N3O2/c15-9(7-3-4-7)11-14-13-10(16-11)8-2-1-5-12-6-8/h1-2,5-7H,3-4H2. The average molecular weight is 215 g/mol. The van der Waals surface area contributed by atoms with Gasteiger partial charge < -0.3 is 4.42 Å². The summed E-state index contributed by atoms with van der Waals surface area (Å²) in [6.07, 6.45) is 5.15. The minimum Gasteiger partial charge on any atom is -0.414 e. The lowest BCUT2D eigenvalue weighted by atomic mass is 10.3. The predicted molar refractivity (Wildman–Crippen MR) is 54.6 cm³/mol. The second-order valence-corrected chi connectivity index (χ2v) is 3.79. The maximum atomic E-state index is 11.6. The van der Waals surface area contributed by atoms with E-state index in [0.717, 1.165) is 18.4 Å². The SMILES string of the molecule is O=C(c1nnc(-c2cccnc2)o1)C1CC1. The molecular formula is C11H9N3O2. The van der Waals surface area contributed by atoms with Gasteiger partial charge in [-0.25, -0.2) is 0 Å². The van der Waals surface area contributed by atoms with Gasteiger partial charge in [0.15, 0.2) is 0 Å². The molecule has 0 aromatic carbocycles. The summed E-state index contributed by atoms with van der Waals surface area (Å²) in [5.41, 5.74) is 0.727. The van der Waals surface area contributed by atoms with E-state index in [4.69, 9.17) is 4.42 Å². The molecule has 0 spiro atoms. The van der Waals surface area contributed by atoms with E-state index < -0.39 is 0 Å². The lowest BCUT2D eigenvalue weighted by molar-refractivity contribution is 0.0934. The van der Waals surface area contributed by atoms with Crippen LogP contribution in [0.5, 0.6) is 0 Å². The van der Waals surface area contributed by atoms with Crippen LogP contribution in [0.4, 0.5) is 0 Å². The molecule has 1 saturated carbocycles. The Balaban J connectivity index is 1.90. The van der Waals surface area contributed by atoms with Crippen molar-refractivity contribution in [1.82, 2.24) is 15.2 Å². The Hall–Kier alpha value is -2.04. The van der Waals surface area contributed by atoms with E-state index >= 15 is 0 Å². The van der Waals surface area contributed by atoms with Crippen molar-refractivity contribution in [3.8, 4) is 11.5 Å². The van der Waals surface area contributed by atoms with Crippen LogP contribution in [0, 0.1) is 5.92 Å². The molecule has 1 fully saturated rings. The topological polar surface area (TPSA) is 68.9 Å². The van der Waals surface area contributed by atoms with Crippen molar-refractivity contribution in [3.63, 3.8) is 0 Å². The van der Waals surface area contributed by atoms with Crippen LogP contribution in [0.1, 0.15) is 23.5 Å². The first-order chi connectivity index (χ1) is 7.84. The van der Waals surface area contributed by atoms with Gasteiger partial charge >= 0.3 is 0 Å². The molecule has 5 heteroatoms. The van der Waals surface area contributed by atoms with E-state index in [1.54, 1.807) is 18.5 Å². The maximum absolute atomic E-state index is 11.6. The van der Waals surface area contributed by atoms with Gasteiger partial charge in [-0.2, -0.15) is 0 Å². The van der Waals surface area contributed by atoms with Gasteiger partial charge in [-0.1, -0.05) is 0 Å². The molecule has 80 valence electrons. The highest BCUT2D eigenvalue weighted by molar-refractivity contribution is 5.95. The van der Waals surface area contributed by atoms with Gasteiger partial charge in [0.2, 0.25) is 11.7 Å². The zero-order chi connectivity index (χ0) is 11.0. The number of hydrogen-bond acceptors (Lipinski definition) is 5.